The van der Waals surface area contributed by atoms with Crippen molar-refractivity contribution < 1.29 is 22.0 Å². The molecule has 1 atom stereocenters. The van der Waals surface area contributed by atoms with Gasteiger partial charge in [-0.25, -0.2) is 22.0 Å². The van der Waals surface area contributed by atoms with Crippen molar-refractivity contribution in [1.29, 1.82) is 0 Å². The van der Waals surface area contributed by atoms with E-state index < -0.39 is 40.7 Å². The Morgan fingerprint density at radius 3 is 1.90 bits per heavy atom. The lowest BCUT2D eigenvalue weighted by Crippen LogP contribution is -2.18. The quantitative estimate of drug-likeness (QED) is 0.837. The van der Waals surface area contributed by atoms with E-state index in [2.05, 4.69) is 0 Å². The van der Waals surface area contributed by atoms with Gasteiger partial charge in [0, 0.05) is 29.3 Å². The zero-order valence-electron chi connectivity index (χ0n) is 10.4. The Kier molecular flexibility index (Phi) is 3.76. The SMILES string of the molecule is Cc1cc(C(N)c2c(F)cc(F)cc2F)c(F)cc1F. The molecule has 1 nitrogen and oxygen atoms in total. The number of hydrogen-bond acceptors (Lipinski definition) is 1. The average molecular weight is 287 g/mol. The van der Waals surface area contributed by atoms with Crippen molar-refractivity contribution in [3.05, 3.63) is 70.0 Å². The second-order valence-corrected chi connectivity index (χ2v) is 4.38. The van der Waals surface area contributed by atoms with Crippen LogP contribution in [0.15, 0.2) is 24.3 Å². The molecule has 0 aliphatic carbocycles. The van der Waals surface area contributed by atoms with Gasteiger partial charge in [0.1, 0.15) is 29.1 Å². The fraction of sp³-hybridized carbons (Fsp3) is 0.143. The van der Waals surface area contributed by atoms with Crippen LogP contribution in [0.5, 0.6) is 0 Å². The first-order chi connectivity index (χ1) is 9.31. The van der Waals surface area contributed by atoms with Crippen molar-refractivity contribution in [2.45, 2.75) is 13.0 Å². The molecule has 0 spiro atoms. The molecule has 0 aromatic heterocycles. The third kappa shape index (κ3) is 2.51. The summed E-state index contributed by atoms with van der Waals surface area (Å²) in [4.78, 5) is 0. The Balaban J connectivity index is 2.57. The van der Waals surface area contributed by atoms with Crippen LogP contribution < -0.4 is 5.73 Å². The lowest BCUT2D eigenvalue weighted by molar-refractivity contribution is 0.507. The van der Waals surface area contributed by atoms with E-state index in [0.29, 0.717) is 18.2 Å². The molecular formula is C14H10F5N. The third-order valence-corrected chi connectivity index (χ3v) is 2.97. The molecule has 6 heteroatoms. The van der Waals surface area contributed by atoms with Crippen LogP contribution in [-0.4, -0.2) is 0 Å². The van der Waals surface area contributed by atoms with Crippen molar-refractivity contribution in [3.8, 4) is 0 Å². The van der Waals surface area contributed by atoms with Gasteiger partial charge in [-0.05, 0) is 18.6 Å². The summed E-state index contributed by atoms with van der Waals surface area (Å²) in [7, 11) is 0. The molecular weight excluding hydrogens is 277 g/mol. The van der Waals surface area contributed by atoms with Crippen molar-refractivity contribution in [1.82, 2.24) is 0 Å². The smallest absolute Gasteiger partial charge is 0.134 e. The Labute approximate surface area is 111 Å². The van der Waals surface area contributed by atoms with Gasteiger partial charge in [-0.3, -0.25) is 0 Å². The lowest BCUT2D eigenvalue weighted by Gasteiger charge is -2.16. The van der Waals surface area contributed by atoms with E-state index in [1.54, 1.807) is 0 Å². The number of nitrogens with two attached hydrogens (primary N) is 1. The first kappa shape index (κ1) is 14.5. The highest BCUT2D eigenvalue weighted by Crippen LogP contribution is 2.28. The van der Waals surface area contributed by atoms with Crippen LogP contribution in [0.2, 0.25) is 0 Å². The molecule has 0 amide bonds. The summed E-state index contributed by atoms with van der Waals surface area (Å²) in [6.07, 6.45) is 0. The zero-order valence-corrected chi connectivity index (χ0v) is 10.4. The van der Waals surface area contributed by atoms with Crippen LogP contribution in [0.4, 0.5) is 22.0 Å². The molecule has 2 aromatic carbocycles. The van der Waals surface area contributed by atoms with Crippen LogP contribution in [-0.2, 0) is 0 Å². The molecule has 2 N–H and O–H groups in total. The van der Waals surface area contributed by atoms with Crippen LogP contribution in [0, 0.1) is 36.0 Å². The summed E-state index contributed by atoms with van der Waals surface area (Å²) in [6, 6.07) is 1.05. The zero-order chi connectivity index (χ0) is 15.0. The summed E-state index contributed by atoms with van der Waals surface area (Å²) in [5.41, 5.74) is 4.77. The molecule has 106 valence electrons. The van der Waals surface area contributed by atoms with Gasteiger partial charge < -0.3 is 5.73 Å². The number of halogens is 5. The van der Waals surface area contributed by atoms with E-state index in [0.717, 1.165) is 6.07 Å². The second kappa shape index (κ2) is 5.20. The first-order valence-electron chi connectivity index (χ1n) is 5.66. The van der Waals surface area contributed by atoms with Crippen molar-refractivity contribution in [3.63, 3.8) is 0 Å². The molecule has 2 aromatic rings. The van der Waals surface area contributed by atoms with Crippen LogP contribution in [0.3, 0.4) is 0 Å². The predicted octanol–water partition coefficient (Wildman–Crippen LogP) is 3.74. The van der Waals surface area contributed by atoms with Gasteiger partial charge >= 0.3 is 0 Å². The minimum Gasteiger partial charge on any atom is -0.320 e. The highest BCUT2D eigenvalue weighted by Gasteiger charge is 2.23. The molecule has 0 fully saturated rings. The van der Waals surface area contributed by atoms with Crippen LogP contribution in [0.1, 0.15) is 22.7 Å². The third-order valence-electron chi connectivity index (χ3n) is 2.97. The maximum Gasteiger partial charge on any atom is 0.134 e. The van der Waals surface area contributed by atoms with Gasteiger partial charge in [-0.2, -0.15) is 0 Å². The summed E-state index contributed by atoms with van der Waals surface area (Å²) in [6.45, 7) is 1.36. The number of rotatable bonds is 2. The Bertz CT molecular complexity index is 646. The molecule has 20 heavy (non-hydrogen) atoms. The minimum atomic E-state index is -1.50. The maximum atomic E-state index is 13.7. The van der Waals surface area contributed by atoms with E-state index >= 15 is 0 Å². The molecule has 2 rings (SSSR count). The number of hydrogen-bond donors (Lipinski definition) is 1. The van der Waals surface area contributed by atoms with Crippen molar-refractivity contribution >= 4 is 0 Å². The van der Waals surface area contributed by atoms with E-state index in [1.165, 1.54) is 6.92 Å². The minimum absolute atomic E-state index is 0.0831. The standard InChI is InChI=1S/C14H10F5N/c1-6-2-8(10(17)5-9(6)16)14(20)13-11(18)3-7(15)4-12(13)19/h2-5,14H,20H2,1H3. The molecule has 0 bridgehead atoms. The number of aryl methyl sites for hydroxylation is 1. The molecule has 0 aliphatic rings. The van der Waals surface area contributed by atoms with Gasteiger partial charge in [0.25, 0.3) is 0 Å². The number of benzene rings is 2. The molecule has 0 radical (unpaired) electrons. The van der Waals surface area contributed by atoms with E-state index in [-0.39, 0.29) is 11.1 Å². The monoisotopic (exact) mass is 287 g/mol. The van der Waals surface area contributed by atoms with Crippen LogP contribution in [0.25, 0.3) is 0 Å². The van der Waals surface area contributed by atoms with E-state index in [9.17, 15) is 22.0 Å². The summed E-state index contributed by atoms with van der Waals surface area (Å²) in [5, 5.41) is 0. The maximum absolute atomic E-state index is 13.7. The highest BCUT2D eigenvalue weighted by atomic mass is 19.2. The lowest BCUT2D eigenvalue weighted by atomic mass is 9.96. The van der Waals surface area contributed by atoms with E-state index in [1.807, 2.05) is 0 Å². The van der Waals surface area contributed by atoms with Crippen molar-refractivity contribution in [2.75, 3.05) is 0 Å². The Hall–Kier alpha value is -1.95. The summed E-state index contributed by atoms with van der Waals surface area (Å²) in [5.74, 6) is -5.37. The molecule has 0 aliphatic heterocycles. The molecule has 0 saturated carbocycles. The fourth-order valence-electron chi connectivity index (χ4n) is 1.92. The van der Waals surface area contributed by atoms with Gasteiger partial charge in [0.15, 0.2) is 0 Å². The summed E-state index contributed by atoms with van der Waals surface area (Å²) < 4.78 is 66.9. The highest BCUT2D eigenvalue weighted by molar-refractivity contribution is 5.36. The van der Waals surface area contributed by atoms with Crippen molar-refractivity contribution in [2.24, 2.45) is 5.73 Å². The van der Waals surface area contributed by atoms with Crippen LogP contribution >= 0.6 is 0 Å². The first-order valence-corrected chi connectivity index (χ1v) is 5.66. The van der Waals surface area contributed by atoms with E-state index in [4.69, 9.17) is 5.73 Å². The largest absolute Gasteiger partial charge is 0.320 e. The topological polar surface area (TPSA) is 26.0 Å². The summed E-state index contributed by atoms with van der Waals surface area (Å²) >= 11 is 0. The van der Waals surface area contributed by atoms with Gasteiger partial charge in [0.05, 0.1) is 6.04 Å². The Morgan fingerprint density at radius 1 is 0.800 bits per heavy atom. The van der Waals surface area contributed by atoms with Gasteiger partial charge in [0.2, 0.25) is 0 Å². The van der Waals surface area contributed by atoms with Gasteiger partial charge in [-0.1, -0.05) is 0 Å². The predicted molar refractivity (Wildman–Crippen MR) is 63.4 cm³/mol. The Morgan fingerprint density at radius 2 is 1.35 bits per heavy atom. The second-order valence-electron chi connectivity index (χ2n) is 4.38. The normalized spacial score (nSPS) is 12.6. The fourth-order valence-corrected chi connectivity index (χ4v) is 1.92. The molecule has 0 heterocycles. The molecule has 0 saturated heterocycles. The average Bonchev–Trinajstić information content (AvgIpc) is 2.32. The molecule has 1 unspecified atom stereocenters. The van der Waals surface area contributed by atoms with Gasteiger partial charge in [-0.15, -0.1) is 0 Å².